The van der Waals surface area contributed by atoms with Gasteiger partial charge in [0.1, 0.15) is 11.5 Å². The second kappa shape index (κ2) is 9.72. The van der Waals surface area contributed by atoms with E-state index in [-0.39, 0.29) is 13.2 Å². The maximum atomic E-state index is 12.4. The average molecular weight is 357 g/mol. The van der Waals surface area contributed by atoms with Crippen molar-refractivity contribution >= 4 is 5.91 Å². The predicted octanol–water partition coefficient (Wildman–Crippen LogP) is 3.28. The van der Waals surface area contributed by atoms with Gasteiger partial charge in [0.05, 0.1) is 0 Å². The second-order valence-electron chi connectivity index (χ2n) is 5.48. The minimum Gasteiger partial charge on any atom is -0.457 e. The summed E-state index contributed by atoms with van der Waals surface area (Å²) in [5.74, 6) is 0.589. The summed E-state index contributed by atoms with van der Waals surface area (Å²) in [6.07, 6.45) is 1.49. The van der Waals surface area contributed by atoms with Crippen LogP contribution in [0.3, 0.4) is 0 Å². The molecule has 1 atom stereocenters. The topological polar surface area (TPSA) is 77.0 Å². The van der Waals surface area contributed by atoms with Gasteiger partial charge in [0.25, 0.3) is 5.91 Å². The fraction of sp³-hybridized carbons (Fsp3) is 0.250. The van der Waals surface area contributed by atoms with Gasteiger partial charge >= 0.3 is 0 Å². The Labute approximate surface area is 153 Å². The first kappa shape index (κ1) is 19.7. The van der Waals surface area contributed by atoms with Crippen LogP contribution < -0.4 is 10.2 Å². The number of para-hydroxylation sites is 1. The van der Waals surface area contributed by atoms with E-state index in [1.165, 1.54) is 6.08 Å². The number of aliphatic hydroxyl groups is 1. The molecule has 0 aliphatic rings. The molecule has 6 heteroatoms. The fourth-order valence-electron chi connectivity index (χ4n) is 2.28. The molecule has 0 aromatic heterocycles. The molecule has 0 saturated carbocycles. The molecule has 2 N–H and O–H groups in total. The summed E-state index contributed by atoms with van der Waals surface area (Å²) in [7, 11) is 0. The van der Waals surface area contributed by atoms with Crippen molar-refractivity contribution in [2.75, 3.05) is 13.4 Å². The number of hydrogen-bond acceptors (Lipinski definition) is 5. The molecule has 138 valence electrons. The molecule has 0 fully saturated rings. The van der Waals surface area contributed by atoms with E-state index in [1.807, 2.05) is 30.3 Å². The quantitative estimate of drug-likeness (QED) is 0.295. The summed E-state index contributed by atoms with van der Waals surface area (Å²) >= 11 is 0. The van der Waals surface area contributed by atoms with Crippen molar-refractivity contribution in [3.63, 3.8) is 0 Å². The first-order chi connectivity index (χ1) is 12.6. The summed E-state index contributed by atoms with van der Waals surface area (Å²) in [6.45, 7) is 5.76. The maximum absolute atomic E-state index is 12.4. The molecular formula is C20H23NO5. The van der Waals surface area contributed by atoms with E-state index in [0.29, 0.717) is 23.7 Å². The zero-order valence-electron chi connectivity index (χ0n) is 14.7. The lowest BCUT2D eigenvalue weighted by Crippen LogP contribution is -2.44. The predicted molar refractivity (Wildman–Crippen MR) is 97.4 cm³/mol. The van der Waals surface area contributed by atoms with E-state index in [4.69, 9.17) is 14.3 Å². The molecule has 1 unspecified atom stereocenters. The number of ether oxygens (including phenoxy) is 2. The third-order valence-corrected chi connectivity index (χ3v) is 3.64. The van der Waals surface area contributed by atoms with Gasteiger partial charge in [-0.1, -0.05) is 36.4 Å². The molecule has 2 aromatic rings. The largest absolute Gasteiger partial charge is 0.457 e. The molecule has 26 heavy (non-hydrogen) atoms. The van der Waals surface area contributed by atoms with Crippen LogP contribution in [0.4, 0.5) is 0 Å². The van der Waals surface area contributed by atoms with Gasteiger partial charge in [-0.2, -0.15) is 0 Å². The van der Waals surface area contributed by atoms with Crippen molar-refractivity contribution < 1.29 is 24.2 Å². The monoisotopic (exact) mass is 357 g/mol. The molecule has 0 aliphatic heterocycles. The molecule has 6 nitrogen and oxygen atoms in total. The lowest BCUT2D eigenvalue weighted by Gasteiger charge is -2.26. The summed E-state index contributed by atoms with van der Waals surface area (Å²) in [5, 5.41) is 10.8. The van der Waals surface area contributed by atoms with Gasteiger partial charge in [-0.3, -0.25) is 4.79 Å². The van der Waals surface area contributed by atoms with Crippen molar-refractivity contribution in [2.24, 2.45) is 0 Å². The number of rotatable bonds is 10. The number of hydroxylamine groups is 1. The highest BCUT2D eigenvalue weighted by Gasteiger charge is 2.37. The number of hydrogen-bond donors (Lipinski definition) is 2. The molecular weight excluding hydrogens is 334 g/mol. The van der Waals surface area contributed by atoms with E-state index >= 15 is 0 Å². The molecule has 2 rings (SSSR count). The molecule has 0 saturated heterocycles. The molecule has 2 aromatic carbocycles. The van der Waals surface area contributed by atoms with E-state index in [1.54, 1.807) is 31.2 Å². The molecule has 0 aliphatic carbocycles. The normalized spacial score (nSPS) is 12.8. The van der Waals surface area contributed by atoms with Crippen LogP contribution in [0, 0.1) is 0 Å². The zero-order valence-corrected chi connectivity index (χ0v) is 14.7. The highest BCUT2D eigenvalue weighted by Crippen LogP contribution is 2.29. The Morgan fingerprint density at radius 1 is 1.15 bits per heavy atom. The third kappa shape index (κ3) is 5.16. The number of carbonyl (C=O) groups is 1. The van der Waals surface area contributed by atoms with Crippen LogP contribution in [-0.4, -0.2) is 24.4 Å². The van der Waals surface area contributed by atoms with Gasteiger partial charge < -0.3 is 14.6 Å². The Hall–Kier alpha value is -2.67. The first-order valence-electron chi connectivity index (χ1n) is 8.27. The summed E-state index contributed by atoms with van der Waals surface area (Å²) in [4.78, 5) is 17.3. The summed E-state index contributed by atoms with van der Waals surface area (Å²) in [5.41, 5.74) is 0.795. The zero-order chi connectivity index (χ0) is 18.8. The number of amides is 1. The van der Waals surface area contributed by atoms with E-state index in [0.717, 1.165) is 0 Å². The molecule has 0 heterocycles. The van der Waals surface area contributed by atoms with Crippen LogP contribution in [0.1, 0.15) is 18.9 Å². The number of carbonyl (C=O) groups excluding carboxylic acids is 1. The van der Waals surface area contributed by atoms with Crippen molar-refractivity contribution in [3.05, 3.63) is 72.8 Å². The number of nitrogens with one attached hydrogen (secondary N) is 1. The summed E-state index contributed by atoms with van der Waals surface area (Å²) < 4.78 is 10.7. The minimum atomic E-state index is -1.81. The maximum Gasteiger partial charge on any atom is 0.280 e. The molecule has 0 spiro atoms. The Balaban J connectivity index is 2.10. The Bertz CT molecular complexity index is 702. The van der Waals surface area contributed by atoms with Gasteiger partial charge in [0.15, 0.2) is 12.4 Å². The highest BCUT2D eigenvalue weighted by atomic mass is 16.8. The van der Waals surface area contributed by atoms with Crippen molar-refractivity contribution in [2.45, 2.75) is 18.9 Å². The van der Waals surface area contributed by atoms with E-state index in [9.17, 15) is 9.90 Å². The van der Waals surface area contributed by atoms with Crippen LogP contribution in [0.15, 0.2) is 67.3 Å². The Morgan fingerprint density at radius 3 is 2.42 bits per heavy atom. The molecule has 1 amide bonds. The van der Waals surface area contributed by atoms with Crippen molar-refractivity contribution in [1.82, 2.24) is 5.48 Å². The van der Waals surface area contributed by atoms with Crippen LogP contribution in [0.2, 0.25) is 0 Å². The molecule has 0 bridgehead atoms. The standard InChI is InChI=1S/C20H23NO5/c1-3-14-20(23,19(22)21-25-15-24-4-2)16-10-12-18(13-11-16)26-17-8-6-5-7-9-17/h3,5-13,23H,1,4,14-15H2,2H3,(H,21,22). The van der Waals surface area contributed by atoms with Crippen LogP contribution in [0.25, 0.3) is 0 Å². The van der Waals surface area contributed by atoms with Gasteiger partial charge in [0, 0.05) is 13.0 Å². The van der Waals surface area contributed by atoms with Gasteiger partial charge in [0.2, 0.25) is 0 Å². The lowest BCUT2D eigenvalue weighted by atomic mass is 9.89. The minimum absolute atomic E-state index is 0.0235. The highest BCUT2D eigenvalue weighted by molar-refractivity contribution is 5.85. The summed E-state index contributed by atoms with van der Waals surface area (Å²) in [6, 6.07) is 16.0. The SMILES string of the molecule is C=CCC(O)(C(=O)NOCOCC)c1ccc(Oc2ccccc2)cc1. The van der Waals surface area contributed by atoms with Crippen LogP contribution in [0.5, 0.6) is 11.5 Å². The Morgan fingerprint density at radius 2 is 1.81 bits per heavy atom. The lowest BCUT2D eigenvalue weighted by molar-refractivity contribution is -0.165. The Kier molecular flexibility index (Phi) is 7.35. The van der Waals surface area contributed by atoms with Crippen molar-refractivity contribution in [1.29, 1.82) is 0 Å². The van der Waals surface area contributed by atoms with Crippen LogP contribution in [-0.2, 0) is 20.0 Å². The number of benzene rings is 2. The second-order valence-corrected chi connectivity index (χ2v) is 5.48. The van der Waals surface area contributed by atoms with E-state index < -0.39 is 11.5 Å². The van der Waals surface area contributed by atoms with Gasteiger partial charge in [-0.05, 0) is 36.8 Å². The van der Waals surface area contributed by atoms with E-state index in [2.05, 4.69) is 12.1 Å². The third-order valence-electron chi connectivity index (χ3n) is 3.64. The average Bonchev–Trinajstić information content (AvgIpc) is 2.66. The van der Waals surface area contributed by atoms with Crippen LogP contribution >= 0.6 is 0 Å². The van der Waals surface area contributed by atoms with Gasteiger partial charge in [-0.15, -0.1) is 6.58 Å². The van der Waals surface area contributed by atoms with Gasteiger partial charge in [-0.25, -0.2) is 10.3 Å². The first-order valence-corrected chi connectivity index (χ1v) is 8.27. The smallest absolute Gasteiger partial charge is 0.280 e. The molecule has 0 radical (unpaired) electrons. The van der Waals surface area contributed by atoms with Crippen molar-refractivity contribution in [3.8, 4) is 11.5 Å². The fourth-order valence-corrected chi connectivity index (χ4v) is 2.28.